The maximum atomic E-state index is 14.1. The highest BCUT2D eigenvalue weighted by Gasteiger charge is 2.24. The van der Waals surface area contributed by atoms with Crippen molar-refractivity contribution in [3.05, 3.63) is 71.8 Å². The number of fused-ring (bicyclic) bond motifs is 3. The van der Waals surface area contributed by atoms with Crippen molar-refractivity contribution in [3.63, 3.8) is 0 Å². The van der Waals surface area contributed by atoms with Crippen LogP contribution in [0.4, 0.5) is 10.3 Å². The highest BCUT2D eigenvalue weighted by atomic mass is 19.1. The standard InChI is InChI=1S/C24H26FN5/c1-16(18-6-3-2-4-7-18)29-12-10-17(11-13-29)14-19-15-30-23(27-19)20-8-5-9-21(25)22(20)28-24(30)26/h2-9,15-17H,10-14H2,1H3,(H2,26,28). The molecule has 1 aliphatic rings. The second-order valence-electron chi connectivity index (χ2n) is 8.30. The van der Waals surface area contributed by atoms with Crippen molar-refractivity contribution in [2.24, 2.45) is 5.92 Å². The van der Waals surface area contributed by atoms with Crippen molar-refractivity contribution in [1.82, 2.24) is 19.3 Å². The molecule has 0 amide bonds. The van der Waals surface area contributed by atoms with Gasteiger partial charge < -0.3 is 5.73 Å². The van der Waals surface area contributed by atoms with Gasteiger partial charge in [-0.2, -0.15) is 0 Å². The number of aromatic nitrogens is 3. The SMILES string of the molecule is CC(c1ccccc1)N1CCC(Cc2cn3c(N)nc4c(F)cccc4c3n2)CC1. The predicted molar refractivity (Wildman–Crippen MR) is 118 cm³/mol. The lowest BCUT2D eigenvalue weighted by Gasteiger charge is -2.36. The Bertz CT molecular complexity index is 1180. The van der Waals surface area contributed by atoms with Gasteiger partial charge in [0.25, 0.3) is 0 Å². The monoisotopic (exact) mass is 403 g/mol. The first-order valence-electron chi connectivity index (χ1n) is 10.6. The maximum Gasteiger partial charge on any atom is 0.206 e. The molecule has 1 atom stereocenters. The summed E-state index contributed by atoms with van der Waals surface area (Å²) < 4.78 is 15.9. The van der Waals surface area contributed by atoms with Gasteiger partial charge in [-0.05, 0) is 62.9 Å². The summed E-state index contributed by atoms with van der Waals surface area (Å²) in [4.78, 5) is 11.6. The number of hydrogen-bond donors (Lipinski definition) is 1. The number of nitrogens with zero attached hydrogens (tertiary/aromatic N) is 4. The van der Waals surface area contributed by atoms with E-state index in [2.05, 4.69) is 47.1 Å². The van der Waals surface area contributed by atoms with Crippen molar-refractivity contribution in [2.75, 3.05) is 18.8 Å². The second-order valence-corrected chi connectivity index (χ2v) is 8.30. The van der Waals surface area contributed by atoms with Gasteiger partial charge in [-0.15, -0.1) is 0 Å². The topological polar surface area (TPSA) is 59.5 Å². The van der Waals surface area contributed by atoms with Crippen LogP contribution < -0.4 is 5.73 Å². The highest BCUT2D eigenvalue weighted by molar-refractivity contribution is 5.92. The van der Waals surface area contributed by atoms with Gasteiger partial charge in [-0.1, -0.05) is 36.4 Å². The molecule has 1 fully saturated rings. The molecule has 0 saturated carbocycles. The van der Waals surface area contributed by atoms with Gasteiger partial charge in [0.1, 0.15) is 17.0 Å². The zero-order valence-electron chi connectivity index (χ0n) is 17.1. The third kappa shape index (κ3) is 3.41. The molecule has 4 aromatic rings. The summed E-state index contributed by atoms with van der Waals surface area (Å²) in [6, 6.07) is 16.1. The first-order chi connectivity index (χ1) is 14.6. The number of rotatable bonds is 4. The number of anilines is 1. The van der Waals surface area contributed by atoms with Crippen molar-refractivity contribution in [2.45, 2.75) is 32.2 Å². The molecule has 6 heteroatoms. The first-order valence-corrected chi connectivity index (χ1v) is 10.6. The van der Waals surface area contributed by atoms with E-state index in [1.165, 1.54) is 11.6 Å². The molecule has 2 N–H and O–H groups in total. The lowest BCUT2D eigenvalue weighted by Crippen LogP contribution is -2.36. The molecular formula is C24H26FN5. The van der Waals surface area contributed by atoms with E-state index in [9.17, 15) is 4.39 Å². The van der Waals surface area contributed by atoms with Crippen LogP contribution >= 0.6 is 0 Å². The minimum Gasteiger partial charge on any atom is -0.369 e. The van der Waals surface area contributed by atoms with E-state index in [0.29, 0.717) is 23.0 Å². The van der Waals surface area contributed by atoms with Gasteiger partial charge in [-0.3, -0.25) is 9.30 Å². The fraction of sp³-hybridized carbons (Fsp3) is 0.333. The summed E-state index contributed by atoms with van der Waals surface area (Å²) in [5.41, 5.74) is 9.41. The van der Waals surface area contributed by atoms with Crippen LogP contribution in [0, 0.1) is 11.7 Å². The predicted octanol–water partition coefficient (Wildman–Crippen LogP) is 4.62. The number of hydrogen-bond acceptors (Lipinski definition) is 4. The van der Waals surface area contributed by atoms with Crippen LogP contribution in [0.25, 0.3) is 16.6 Å². The zero-order chi connectivity index (χ0) is 20.7. The van der Waals surface area contributed by atoms with Crippen molar-refractivity contribution >= 4 is 22.5 Å². The van der Waals surface area contributed by atoms with Crippen LogP contribution in [0.3, 0.4) is 0 Å². The van der Waals surface area contributed by atoms with Gasteiger partial charge in [-0.25, -0.2) is 14.4 Å². The van der Waals surface area contributed by atoms with E-state index >= 15 is 0 Å². The molecule has 154 valence electrons. The summed E-state index contributed by atoms with van der Waals surface area (Å²) in [6.45, 7) is 4.47. The molecule has 1 unspecified atom stereocenters. The smallest absolute Gasteiger partial charge is 0.206 e. The summed E-state index contributed by atoms with van der Waals surface area (Å²) in [5, 5.41) is 0.696. The highest BCUT2D eigenvalue weighted by Crippen LogP contribution is 2.29. The minimum atomic E-state index is -0.369. The molecule has 30 heavy (non-hydrogen) atoms. The van der Waals surface area contributed by atoms with E-state index < -0.39 is 0 Å². The molecule has 0 bridgehead atoms. The quantitative estimate of drug-likeness (QED) is 0.540. The molecule has 3 heterocycles. The lowest BCUT2D eigenvalue weighted by atomic mass is 9.91. The fourth-order valence-corrected chi connectivity index (χ4v) is 4.65. The Morgan fingerprint density at radius 2 is 1.83 bits per heavy atom. The number of benzene rings is 2. The molecule has 0 spiro atoms. The summed E-state index contributed by atoms with van der Waals surface area (Å²) in [6.07, 6.45) is 5.16. The Balaban J connectivity index is 1.32. The van der Waals surface area contributed by atoms with Crippen molar-refractivity contribution in [3.8, 4) is 0 Å². The average molecular weight is 404 g/mol. The number of nitrogen functional groups attached to an aromatic ring is 1. The number of para-hydroxylation sites is 1. The Morgan fingerprint density at radius 1 is 1.07 bits per heavy atom. The van der Waals surface area contributed by atoms with Crippen LogP contribution in [0.1, 0.15) is 37.1 Å². The molecule has 0 radical (unpaired) electrons. The van der Waals surface area contributed by atoms with E-state index in [4.69, 9.17) is 10.7 Å². The maximum absolute atomic E-state index is 14.1. The third-order valence-corrected chi connectivity index (χ3v) is 6.43. The normalized spacial score (nSPS) is 17.0. The van der Waals surface area contributed by atoms with Crippen molar-refractivity contribution < 1.29 is 4.39 Å². The Labute approximate surface area is 175 Å². The molecule has 5 nitrogen and oxygen atoms in total. The second kappa shape index (κ2) is 7.69. The fourth-order valence-electron chi connectivity index (χ4n) is 4.65. The van der Waals surface area contributed by atoms with Gasteiger partial charge in [0.15, 0.2) is 0 Å². The van der Waals surface area contributed by atoms with Gasteiger partial charge in [0.05, 0.1) is 5.69 Å². The number of likely N-dealkylation sites (tertiary alicyclic amines) is 1. The minimum absolute atomic E-state index is 0.271. The van der Waals surface area contributed by atoms with E-state index in [0.717, 1.165) is 38.0 Å². The van der Waals surface area contributed by atoms with Crippen LogP contribution in [0.2, 0.25) is 0 Å². The Morgan fingerprint density at radius 3 is 2.60 bits per heavy atom. The Hall–Kier alpha value is -2.99. The summed E-state index contributed by atoms with van der Waals surface area (Å²) in [7, 11) is 0. The van der Waals surface area contributed by atoms with Crippen LogP contribution in [-0.4, -0.2) is 32.4 Å². The molecule has 1 aliphatic heterocycles. The van der Waals surface area contributed by atoms with Crippen LogP contribution in [-0.2, 0) is 6.42 Å². The summed E-state index contributed by atoms with van der Waals surface area (Å²) in [5.74, 6) is 0.491. The molecule has 5 rings (SSSR count). The van der Waals surface area contributed by atoms with E-state index in [-0.39, 0.29) is 17.3 Å². The largest absolute Gasteiger partial charge is 0.369 e. The number of nitrogens with two attached hydrogens (primary N) is 1. The molecule has 0 aliphatic carbocycles. The van der Waals surface area contributed by atoms with Gasteiger partial charge >= 0.3 is 0 Å². The van der Waals surface area contributed by atoms with E-state index in [1.54, 1.807) is 10.5 Å². The summed E-state index contributed by atoms with van der Waals surface area (Å²) >= 11 is 0. The lowest BCUT2D eigenvalue weighted by molar-refractivity contribution is 0.140. The molecule has 2 aromatic carbocycles. The van der Waals surface area contributed by atoms with Gasteiger partial charge in [0.2, 0.25) is 5.95 Å². The number of halogens is 1. The number of piperidine rings is 1. The zero-order valence-corrected chi connectivity index (χ0v) is 17.1. The van der Waals surface area contributed by atoms with Crippen LogP contribution in [0.5, 0.6) is 0 Å². The first kappa shape index (κ1) is 19.0. The molecular weight excluding hydrogens is 377 g/mol. The van der Waals surface area contributed by atoms with Gasteiger partial charge in [0, 0.05) is 17.6 Å². The third-order valence-electron chi connectivity index (χ3n) is 6.43. The van der Waals surface area contributed by atoms with Crippen LogP contribution in [0.15, 0.2) is 54.7 Å². The average Bonchev–Trinajstić information content (AvgIpc) is 3.20. The molecule has 2 aromatic heterocycles. The molecule has 1 saturated heterocycles. The Kier molecular flexibility index (Phi) is 4.87. The number of imidazole rings is 1. The van der Waals surface area contributed by atoms with Crippen molar-refractivity contribution in [1.29, 1.82) is 0 Å². The van der Waals surface area contributed by atoms with E-state index in [1.807, 2.05) is 12.3 Å².